The molecular weight excluding hydrogens is 457 g/mol. The molecule has 1 heterocycles. The van der Waals surface area contributed by atoms with E-state index in [0.29, 0.717) is 35.1 Å². The van der Waals surface area contributed by atoms with E-state index in [0.717, 1.165) is 45.3 Å². The first-order chi connectivity index (χ1) is 14.9. The minimum absolute atomic E-state index is 0. The number of unbranched alkanes of at least 4 members (excludes halogenated alkanes) is 2. The maximum atomic E-state index is 12.8. The van der Waals surface area contributed by atoms with Gasteiger partial charge < -0.3 is 30.2 Å². The maximum absolute atomic E-state index is 12.8. The lowest BCUT2D eigenvalue weighted by Gasteiger charge is -2.38. The molecule has 0 saturated carbocycles. The summed E-state index contributed by atoms with van der Waals surface area (Å²) in [4.78, 5) is 26.6. The van der Waals surface area contributed by atoms with Gasteiger partial charge in [-0.3, -0.25) is 9.59 Å². The number of amides is 1. The van der Waals surface area contributed by atoms with Gasteiger partial charge in [-0.15, -0.1) is 12.4 Å². The third-order valence-corrected chi connectivity index (χ3v) is 5.81. The van der Waals surface area contributed by atoms with E-state index in [1.807, 2.05) is 6.92 Å². The predicted octanol–water partition coefficient (Wildman–Crippen LogP) is 3.30. The summed E-state index contributed by atoms with van der Waals surface area (Å²) in [5, 5.41) is 3.37. The molecule has 0 spiro atoms. The van der Waals surface area contributed by atoms with Crippen molar-refractivity contribution in [2.24, 2.45) is 0 Å². The van der Waals surface area contributed by atoms with Gasteiger partial charge in [0.25, 0.3) is 5.91 Å². The van der Waals surface area contributed by atoms with Crippen molar-refractivity contribution >= 4 is 41.6 Å². The SMILES string of the molecule is CCOC(=O)CCCCCN1CC[C@H](NC(=O)c2cc(Cl)c(N)cc2OC)[C@H](OC)C1.Cl. The van der Waals surface area contributed by atoms with Crippen molar-refractivity contribution in [3.63, 3.8) is 0 Å². The molecule has 1 saturated heterocycles. The quantitative estimate of drug-likeness (QED) is 0.278. The molecule has 2 atom stereocenters. The number of ether oxygens (including phenoxy) is 3. The number of rotatable bonds is 11. The second kappa shape index (κ2) is 14.4. The number of carbonyl (C=O) groups is 2. The van der Waals surface area contributed by atoms with Gasteiger partial charge in [-0.2, -0.15) is 0 Å². The van der Waals surface area contributed by atoms with E-state index in [1.54, 1.807) is 13.2 Å². The second-order valence-corrected chi connectivity index (χ2v) is 8.04. The number of anilines is 1. The minimum atomic E-state index is -0.266. The normalized spacial score (nSPS) is 18.5. The number of piperidine rings is 1. The number of hydrogen-bond donors (Lipinski definition) is 2. The molecule has 8 nitrogen and oxygen atoms in total. The molecule has 0 aliphatic carbocycles. The highest BCUT2D eigenvalue weighted by Gasteiger charge is 2.31. The molecule has 32 heavy (non-hydrogen) atoms. The van der Waals surface area contributed by atoms with Crippen LogP contribution in [0.1, 0.15) is 49.4 Å². The van der Waals surface area contributed by atoms with Crippen LogP contribution in [0, 0.1) is 0 Å². The van der Waals surface area contributed by atoms with Gasteiger partial charge in [0, 0.05) is 32.7 Å². The molecule has 1 fully saturated rings. The molecule has 1 aromatic rings. The predicted molar refractivity (Wildman–Crippen MR) is 128 cm³/mol. The molecule has 182 valence electrons. The number of halogens is 2. The van der Waals surface area contributed by atoms with Gasteiger partial charge in [-0.25, -0.2) is 0 Å². The zero-order valence-electron chi connectivity index (χ0n) is 19.0. The Labute approximate surface area is 201 Å². The molecule has 2 rings (SSSR count). The number of likely N-dealkylation sites (tertiary alicyclic amines) is 1. The van der Waals surface area contributed by atoms with E-state index in [4.69, 9.17) is 31.5 Å². The van der Waals surface area contributed by atoms with Crippen molar-refractivity contribution in [1.29, 1.82) is 0 Å². The Balaban J connectivity index is 0.00000512. The number of carbonyl (C=O) groups excluding carboxylic acids is 2. The van der Waals surface area contributed by atoms with Gasteiger partial charge >= 0.3 is 5.97 Å². The van der Waals surface area contributed by atoms with Crippen molar-refractivity contribution in [2.45, 2.75) is 51.2 Å². The van der Waals surface area contributed by atoms with E-state index in [-0.39, 0.29) is 36.4 Å². The lowest BCUT2D eigenvalue weighted by Crippen LogP contribution is -2.54. The fourth-order valence-electron chi connectivity index (χ4n) is 3.76. The lowest BCUT2D eigenvalue weighted by molar-refractivity contribution is -0.143. The summed E-state index contributed by atoms with van der Waals surface area (Å²) >= 11 is 6.09. The first-order valence-electron chi connectivity index (χ1n) is 10.7. The zero-order chi connectivity index (χ0) is 22.8. The highest BCUT2D eigenvalue weighted by molar-refractivity contribution is 6.33. The monoisotopic (exact) mass is 491 g/mol. The number of nitrogen functional groups attached to an aromatic ring is 1. The molecule has 1 aliphatic rings. The topological polar surface area (TPSA) is 103 Å². The van der Waals surface area contributed by atoms with E-state index in [2.05, 4.69) is 10.2 Å². The Morgan fingerprint density at radius 3 is 2.66 bits per heavy atom. The maximum Gasteiger partial charge on any atom is 0.305 e. The van der Waals surface area contributed by atoms with Crippen LogP contribution in [0.3, 0.4) is 0 Å². The summed E-state index contributed by atoms with van der Waals surface area (Å²) in [5.41, 5.74) is 6.51. The summed E-state index contributed by atoms with van der Waals surface area (Å²) in [6.07, 6.45) is 3.95. The number of benzene rings is 1. The van der Waals surface area contributed by atoms with Gasteiger partial charge in [0.2, 0.25) is 0 Å². The van der Waals surface area contributed by atoms with Crippen LogP contribution in [-0.2, 0) is 14.3 Å². The number of nitrogens with zero attached hydrogens (tertiary/aromatic N) is 1. The molecule has 10 heteroatoms. The molecule has 0 radical (unpaired) electrons. The third kappa shape index (κ3) is 8.31. The van der Waals surface area contributed by atoms with Crippen molar-refractivity contribution in [2.75, 3.05) is 46.2 Å². The van der Waals surface area contributed by atoms with E-state index >= 15 is 0 Å². The van der Waals surface area contributed by atoms with Crippen molar-refractivity contribution in [3.8, 4) is 5.75 Å². The molecule has 1 amide bonds. The Morgan fingerprint density at radius 2 is 2.00 bits per heavy atom. The number of nitrogens with two attached hydrogens (primary N) is 1. The highest BCUT2D eigenvalue weighted by atomic mass is 35.5. The summed E-state index contributed by atoms with van der Waals surface area (Å²) < 4.78 is 15.9. The van der Waals surface area contributed by atoms with Gasteiger partial charge in [0.15, 0.2) is 0 Å². The Morgan fingerprint density at radius 1 is 1.25 bits per heavy atom. The standard InChI is InChI=1S/C22H34ClN3O5.ClH/c1-4-31-21(27)8-6-5-7-10-26-11-9-18(20(14-26)30-3)25-22(28)15-12-16(23)17(24)13-19(15)29-2;/h12-13,18,20H,4-11,14,24H2,1-3H3,(H,25,28);1H/t18-,20+;/m0./s1. The summed E-state index contributed by atoms with van der Waals surface area (Å²) in [6.45, 7) is 4.78. The molecule has 0 aromatic heterocycles. The molecule has 1 aliphatic heterocycles. The van der Waals surface area contributed by atoms with Crippen LogP contribution in [0.15, 0.2) is 12.1 Å². The fraction of sp³-hybridized carbons (Fsp3) is 0.636. The van der Waals surface area contributed by atoms with Crippen LogP contribution in [0.5, 0.6) is 5.75 Å². The van der Waals surface area contributed by atoms with E-state index in [1.165, 1.54) is 13.2 Å². The highest BCUT2D eigenvalue weighted by Crippen LogP contribution is 2.29. The summed E-state index contributed by atoms with van der Waals surface area (Å²) in [6, 6.07) is 2.96. The molecule has 3 N–H and O–H groups in total. The average molecular weight is 492 g/mol. The fourth-order valence-corrected chi connectivity index (χ4v) is 3.93. The zero-order valence-corrected chi connectivity index (χ0v) is 20.6. The van der Waals surface area contributed by atoms with Crippen LogP contribution < -0.4 is 15.8 Å². The third-order valence-electron chi connectivity index (χ3n) is 5.49. The Hall–Kier alpha value is -1.74. The number of methoxy groups -OCH3 is 2. The molecular formula is C22H35Cl2N3O5. The van der Waals surface area contributed by atoms with Crippen LogP contribution >= 0.6 is 24.0 Å². The Bertz CT molecular complexity index is 751. The van der Waals surface area contributed by atoms with Crippen molar-refractivity contribution in [1.82, 2.24) is 10.2 Å². The lowest BCUT2D eigenvalue weighted by atomic mass is 10.00. The van der Waals surface area contributed by atoms with Gasteiger partial charge in [-0.05, 0) is 38.8 Å². The number of hydrogen-bond acceptors (Lipinski definition) is 7. The largest absolute Gasteiger partial charge is 0.496 e. The smallest absolute Gasteiger partial charge is 0.305 e. The van der Waals surface area contributed by atoms with Crippen LogP contribution in [-0.4, -0.2) is 69.4 Å². The summed E-state index contributed by atoms with van der Waals surface area (Å²) in [5.74, 6) is -0.00985. The van der Waals surface area contributed by atoms with Gasteiger partial charge in [-0.1, -0.05) is 18.0 Å². The van der Waals surface area contributed by atoms with Gasteiger partial charge in [0.1, 0.15) is 5.75 Å². The van der Waals surface area contributed by atoms with E-state index < -0.39 is 0 Å². The second-order valence-electron chi connectivity index (χ2n) is 7.63. The molecule has 0 unspecified atom stereocenters. The number of nitrogens with one attached hydrogen (secondary N) is 1. The average Bonchev–Trinajstić information content (AvgIpc) is 2.75. The molecule has 0 bridgehead atoms. The Kier molecular flexibility index (Phi) is 12.7. The summed E-state index contributed by atoms with van der Waals surface area (Å²) in [7, 11) is 3.15. The first-order valence-corrected chi connectivity index (χ1v) is 11.1. The van der Waals surface area contributed by atoms with Crippen molar-refractivity contribution < 1.29 is 23.8 Å². The van der Waals surface area contributed by atoms with Crippen LogP contribution in [0.25, 0.3) is 0 Å². The van der Waals surface area contributed by atoms with E-state index in [9.17, 15) is 9.59 Å². The van der Waals surface area contributed by atoms with Crippen molar-refractivity contribution in [3.05, 3.63) is 22.7 Å². The molecule has 1 aromatic carbocycles. The van der Waals surface area contributed by atoms with Crippen LogP contribution in [0.2, 0.25) is 5.02 Å². The van der Waals surface area contributed by atoms with Gasteiger partial charge in [0.05, 0.1) is 42.1 Å². The number of esters is 1. The first kappa shape index (κ1) is 28.3. The van der Waals surface area contributed by atoms with Crippen LogP contribution in [0.4, 0.5) is 5.69 Å². The minimum Gasteiger partial charge on any atom is -0.496 e.